The summed E-state index contributed by atoms with van der Waals surface area (Å²) in [5.41, 5.74) is -1.37. The van der Waals surface area contributed by atoms with Crippen molar-refractivity contribution in [2.45, 2.75) is 44.2 Å². The van der Waals surface area contributed by atoms with E-state index in [0.717, 1.165) is 30.6 Å². The molecule has 6 amide bonds. The fourth-order valence-electron chi connectivity index (χ4n) is 3.17. The number of hydrogen-bond donors (Lipinski definition) is 3. The summed E-state index contributed by atoms with van der Waals surface area (Å²) in [7, 11) is 0. The van der Waals surface area contributed by atoms with Gasteiger partial charge in [0.05, 0.1) is 6.26 Å². The molecule has 25 heavy (non-hydrogen) atoms. The van der Waals surface area contributed by atoms with E-state index in [1.165, 1.54) is 13.2 Å². The third kappa shape index (κ3) is 3.35. The van der Waals surface area contributed by atoms with Crippen molar-refractivity contribution in [3.63, 3.8) is 0 Å². The first-order valence-corrected chi connectivity index (χ1v) is 8.18. The maximum absolute atomic E-state index is 12.5. The second kappa shape index (κ2) is 6.58. The number of imide groups is 2. The van der Waals surface area contributed by atoms with Gasteiger partial charge in [0.1, 0.15) is 12.3 Å². The fourth-order valence-corrected chi connectivity index (χ4v) is 3.17. The van der Waals surface area contributed by atoms with Crippen molar-refractivity contribution in [1.29, 1.82) is 0 Å². The lowest BCUT2D eigenvalue weighted by atomic mass is 9.99. The minimum atomic E-state index is -1.37. The third-order valence-corrected chi connectivity index (χ3v) is 4.53. The van der Waals surface area contributed by atoms with Crippen LogP contribution in [0.4, 0.5) is 9.59 Å². The molecule has 9 nitrogen and oxygen atoms in total. The van der Waals surface area contributed by atoms with Gasteiger partial charge in [0.25, 0.3) is 5.91 Å². The smallest absolute Gasteiger partial charge is 0.325 e. The van der Waals surface area contributed by atoms with E-state index in [2.05, 4.69) is 16.0 Å². The maximum atomic E-state index is 12.5. The second-order valence-electron chi connectivity index (χ2n) is 6.43. The fraction of sp³-hybridized carbons (Fsp3) is 0.500. The molecule has 1 aliphatic heterocycles. The van der Waals surface area contributed by atoms with Crippen LogP contribution in [0.15, 0.2) is 22.8 Å². The summed E-state index contributed by atoms with van der Waals surface area (Å²) in [6.07, 6.45) is 5.26. The number of carbonyl (C=O) groups excluding carboxylic acids is 4. The number of urea groups is 2. The van der Waals surface area contributed by atoms with Crippen molar-refractivity contribution in [1.82, 2.24) is 20.9 Å². The van der Waals surface area contributed by atoms with Crippen LogP contribution in [0.2, 0.25) is 0 Å². The standard InChI is InChI=1S/C16H20N4O5/c1-16(11-7-4-8-25-11)13(22)20(15(24)19-16)9-12(21)18-14(23)17-10-5-2-3-6-10/h4,7-8,10H,2-3,5-6,9H2,1H3,(H,19,24)(H2,17,18,21,23). The van der Waals surface area contributed by atoms with Crippen molar-refractivity contribution in [2.24, 2.45) is 0 Å². The van der Waals surface area contributed by atoms with Crippen LogP contribution in [0.5, 0.6) is 0 Å². The number of nitrogens with zero attached hydrogens (tertiary/aromatic N) is 1. The molecule has 1 unspecified atom stereocenters. The average Bonchev–Trinajstić information content (AvgIpc) is 3.27. The molecule has 2 aliphatic rings. The molecule has 3 N–H and O–H groups in total. The van der Waals surface area contributed by atoms with Gasteiger partial charge in [-0.15, -0.1) is 0 Å². The molecular weight excluding hydrogens is 328 g/mol. The van der Waals surface area contributed by atoms with Crippen molar-refractivity contribution in [3.05, 3.63) is 24.2 Å². The molecule has 0 spiro atoms. The number of carbonyl (C=O) groups is 4. The van der Waals surface area contributed by atoms with Gasteiger partial charge in [0, 0.05) is 6.04 Å². The van der Waals surface area contributed by atoms with Crippen molar-refractivity contribution in [3.8, 4) is 0 Å². The van der Waals surface area contributed by atoms with Gasteiger partial charge in [0.15, 0.2) is 5.54 Å². The van der Waals surface area contributed by atoms with Gasteiger partial charge in [-0.3, -0.25) is 19.8 Å². The summed E-state index contributed by atoms with van der Waals surface area (Å²) in [4.78, 5) is 49.2. The van der Waals surface area contributed by atoms with E-state index in [1.54, 1.807) is 12.1 Å². The average molecular weight is 348 g/mol. The van der Waals surface area contributed by atoms with E-state index in [4.69, 9.17) is 4.42 Å². The Morgan fingerprint density at radius 1 is 1.36 bits per heavy atom. The van der Waals surface area contributed by atoms with Crippen LogP contribution in [0.1, 0.15) is 38.4 Å². The summed E-state index contributed by atoms with van der Waals surface area (Å²) < 4.78 is 5.20. The molecule has 1 saturated heterocycles. The normalized spacial score (nSPS) is 23.6. The molecule has 0 bridgehead atoms. The van der Waals surface area contributed by atoms with Crippen LogP contribution in [-0.4, -0.2) is 41.4 Å². The lowest BCUT2D eigenvalue weighted by Crippen LogP contribution is -2.48. The highest BCUT2D eigenvalue weighted by molar-refractivity contribution is 6.09. The monoisotopic (exact) mass is 348 g/mol. The molecule has 2 fully saturated rings. The Kier molecular flexibility index (Phi) is 4.47. The molecule has 1 aromatic rings. The molecule has 2 heterocycles. The van der Waals surface area contributed by atoms with E-state index in [1.807, 2.05) is 0 Å². The molecule has 1 saturated carbocycles. The Labute approximate surface area is 144 Å². The number of nitrogens with one attached hydrogen (secondary N) is 3. The number of amides is 6. The zero-order chi connectivity index (χ0) is 18.0. The lowest BCUT2D eigenvalue weighted by Gasteiger charge is -2.19. The zero-order valence-electron chi connectivity index (χ0n) is 13.8. The second-order valence-corrected chi connectivity index (χ2v) is 6.43. The molecule has 1 aromatic heterocycles. The van der Waals surface area contributed by atoms with Crippen LogP contribution in [0, 0.1) is 0 Å². The van der Waals surface area contributed by atoms with Gasteiger partial charge in [-0.25, -0.2) is 9.59 Å². The van der Waals surface area contributed by atoms with Gasteiger partial charge in [-0.2, -0.15) is 0 Å². The molecule has 0 aromatic carbocycles. The maximum Gasteiger partial charge on any atom is 0.325 e. The Hall–Kier alpha value is -2.84. The van der Waals surface area contributed by atoms with Gasteiger partial charge in [-0.05, 0) is 31.9 Å². The van der Waals surface area contributed by atoms with Crippen LogP contribution in [-0.2, 0) is 15.1 Å². The lowest BCUT2D eigenvalue weighted by molar-refractivity contribution is -0.135. The topological polar surface area (TPSA) is 121 Å². The van der Waals surface area contributed by atoms with E-state index in [9.17, 15) is 19.2 Å². The summed E-state index contributed by atoms with van der Waals surface area (Å²) in [6.45, 7) is 0.954. The van der Waals surface area contributed by atoms with Gasteiger partial charge < -0.3 is 15.1 Å². The Morgan fingerprint density at radius 2 is 2.08 bits per heavy atom. The minimum Gasteiger partial charge on any atom is -0.466 e. The van der Waals surface area contributed by atoms with E-state index in [-0.39, 0.29) is 11.8 Å². The molecule has 0 radical (unpaired) electrons. The van der Waals surface area contributed by atoms with Crippen molar-refractivity contribution in [2.75, 3.05) is 6.54 Å². The Morgan fingerprint density at radius 3 is 2.72 bits per heavy atom. The van der Waals surface area contributed by atoms with E-state index in [0.29, 0.717) is 0 Å². The van der Waals surface area contributed by atoms with Crippen LogP contribution >= 0.6 is 0 Å². The van der Waals surface area contributed by atoms with Crippen LogP contribution < -0.4 is 16.0 Å². The minimum absolute atomic E-state index is 0.0618. The zero-order valence-corrected chi connectivity index (χ0v) is 13.8. The summed E-state index contributed by atoms with van der Waals surface area (Å²) in [6, 6.07) is 1.90. The molecule has 134 valence electrons. The highest BCUT2D eigenvalue weighted by atomic mass is 16.3. The van der Waals surface area contributed by atoms with Gasteiger partial charge in [-0.1, -0.05) is 12.8 Å². The summed E-state index contributed by atoms with van der Waals surface area (Å²) in [5, 5.41) is 7.37. The summed E-state index contributed by atoms with van der Waals surface area (Å²) >= 11 is 0. The molecule has 3 rings (SSSR count). The number of hydrogen-bond acceptors (Lipinski definition) is 5. The highest BCUT2D eigenvalue weighted by Gasteiger charge is 2.51. The van der Waals surface area contributed by atoms with Crippen molar-refractivity contribution < 1.29 is 23.6 Å². The quantitative estimate of drug-likeness (QED) is 0.696. The van der Waals surface area contributed by atoms with Gasteiger partial charge in [0.2, 0.25) is 5.91 Å². The SMILES string of the molecule is CC1(c2ccco2)NC(=O)N(CC(=O)NC(=O)NC2CCCC2)C1=O. The first-order chi connectivity index (χ1) is 11.9. The summed E-state index contributed by atoms with van der Waals surface area (Å²) in [5.74, 6) is -1.07. The molecule has 9 heteroatoms. The predicted molar refractivity (Wildman–Crippen MR) is 85.2 cm³/mol. The van der Waals surface area contributed by atoms with E-state index >= 15 is 0 Å². The highest BCUT2D eigenvalue weighted by Crippen LogP contribution is 2.28. The third-order valence-electron chi connectivity index (χ3n) is 4.53. The van der Waals surface area contributed by atoms with Gasteiger partial charge >= 0.3 is 12.1 Å². The first kappa shape index (κ1) is 17.0. The number of rotatable bonds is 4. The Balaban J connectivity index is 1.58. The van der Waals surface area contributed by atoms with Crippen LogP contribution in [0.3, 0.4) is 0 Å². The largest absolute Gasteiger partial charge is 0.466 e. The van der Waals surface area contributed by atoms with Crippen molar-refractivity contribution >= 4 is 23.9 Å². The van der Waals surface area contributed by atoms with Crippen LogP contribution in [0.25, 0.3) is 0 Å². The van der Waals surface area contributed by atoms with E-state index < -0.39 is 36.0 Å². The molecule has 1 aliphatic carbocycles. The molecule has 1 atom stereocenters. The first-order valence-electron chi connectivity index (χ1n) is 8.18. The molecular formula is C16H20N4O5. The Bertz CT molecular complexity index is 695. The number of furan rings is 1. The predicted octanol–water partition coefficient (Wildman–Crippen LogP) is 0.815.